The zero-order valence-corrected chi connectivity index (χ0v) is 23.9. The largest absolute Gasteiger partial charge is 0.478 e. The maximum absolute atomic E-state index is 13.5. The van der Waals surface area contributed by atoms with E-state index in [2.05, 4.69) is 42.0 Å². The molecule has 1 saturated heterocycles. The second-order valence-electron chi connectivity index (χ2n) is 11.8. The van der Waals surface area contributed by atoms with Crippen molar-refractivity contribution < 1.29 is 29.3 Å². The van der Waals surface area contributed by atoms with Gasteiger partial charge in [-0.1, -0.05) is 97.4 Å². The molecule has 0 aromatic heterocycles. The van der Waals surface area contributed by atoms with Crippen molar-refractivity contribution in [1.29, 1.82) is 0 Å². The number of ether oxygens (including phenoxy) is 1. The zero-order valence-electron chi connectivity index (χ0n) is 22.3. The quantitative estimate of drug-likeness (QED) is 0.304. The van der Waals surface area contributed by atoms with E-state index in [-0.39, 0.29) is 22.3 Å². The number of alkyl halides is 1. The van der Waals surface area contributed by atoms with Gasteiger partial charge in [0.25, 0.3) is 11.6 Å². The first-order valence-electron chi connectivity index (χ1n) is 13.4. The van der Waals surface area contributed by atoms with Gasteiger partial charge in [-0.2, -0.15) is 0 Å². The molecule has 1 aliphatic heterocycles. The fourth-order valence-corrected chi connectivity index (χ4v) is 7.86. The van der Waals surface area contributed by atoms with Crippen molar-refractivity contribution in [3.8, 4) is 0 Å². The van der Waals surface area contributed by atoms with Gasteiger partial charge in [-0.25, -0.2) is 9.59 Å². The summed E-state index contributed by atoms with van der Waals surface area (Å²) in [6, 6.07) is 15.7. The molecule has 6 atom stereocenters. The smallest absolute Gasteiger partial charge is 0.408 e. The van der Waals surface area contributed by atoms with Crippen molar-refractivity contribution in [1.82, 2.24) is 10.2 Å². The van der Waals surface area contributed by atoms with Gasteiger partial charge in [0.2, 0.25) is 0 Å². The van der Waals surface area contributed by atoms with Crippen LogP contribution in [0.2, 0.25) is 0 Å². The third-order valence-corrected chi connectivity index (χ3v) is 10.6. The lowest BCUT2D eigenvalue weighted by Gasteiger charge is -2.54. The van der Waals surface area contributed by atoms with E-state index in [9.17, 15) is 24.6 Å². The molecule has 3 N–H and O–H groups in total. The molecule has 39 heavy (non-hydrogen) atoms. The number of nitrogens with zero attached hydrogens (tertiary/aromatic N) is 1. The highest BCUT2D eigenvalue weighted by Gasteiger charge is 2.65. The number of β-lactam (4-membered cyclic amide) rings is 1. The summed E-state index contributed by atoms with van der Waals surface area (Å²) < 4.78 is 5.87. The monoisotopic (exact) mass is 598 g/mol. The summed E-state index contributed by atoms with van der Waals surface area (Å²) in [6.45, 7) is 6.61. The predicted octanol–water partition coefficient (Wildman–Crippen LogP) is 4.51. The van der Waals surface area contributed by atoms with E-state index in [4.69, 9.17) is 4.74 Å². The van der Waals surface area contributed by atoms with Crippen LogP contribution in [0.1, 0.15) is 57.1 Å². The van der Waals surface area contributed by atoms with Gasteiger partial charge in [0.15, 0.2) is 0 Å². The number of hydrogen-bond acceptors (Lipinski definition) is 5. The number of aliphatic carboxylic acids is 1. The van der Waals surface area contributed by atoms with Crippen LogP contribution >= 0.6 is 15.9 Å². The summed E-state index contributed by atoms with van der Waals surface area (Å²) in [5.41, 5.74) is -1.61. The number of halogens is 1. The van der Waals surface area contributed by atoms with Crippen molar-refractivity contribution in [3.05, 3.63) is 71.8 Å². The van der Waals surface area contributed by atoms with Crippen molar-refractivity contribution >= 4 is 33.9 Å². The van der Waals surface area contributed by atoms with Crippen LogP contribution in [0.25, 0.3) is 0 Å². The molecule has 6 unspecified atom stereocenters. The van der Waals surface area contributed by atoms with E-state index in [1.165, 1.54) is 0 Å². The maximum Gasteiger partial charge on any atom is 0.408 e. The van der Waals surface area contributed by atoms with Crippen LogP contribution in [0.4, 0.5) is 4.79 Å². The zero-order chi connectivity index (χ0) is 28.2. The first-order valence-corrected chi connectivity index (χ1v) is 14.5. The predicted molar refractivity (Wildman–Crippen MR) is 148 cm³/mol. The van der Waals surface area contributed by atoms with Crippen LogP contribution in [0.5, 0.6) is 0 Å². The Labute approximate surface area is 236 Å². The van der Waals surface area contributed by atoms with E-state index >= 15 is 0 Å². The van der Waals surface area contributed by atoms with Crippen molar-refractivity contribution in [2.45, 2.75) is 69.9 Å². The highest BCUT2D eigenvalue weighted by molar-refractivity contribution is 9.09. The normalized spacial score (nSPS) is 30.5. The minimum Gasteiger partial charge on any atom is -0.478 e. The molecule has 2 saturated carbocycles. The molecule has 9 heteroatoms. The van der Waals surface area contributed by atoms with Gasteiger partial charge in [0.05, 0.1) is 12.0 Å². The van der Waals surface area contributed by atoms with Gasteiger partial charge in [-0.05, 0) is 41.7 Å². The minimum atomic E-state index is -2.61. The van der Waals surface area contributed by atoms with Crippen molar-refractivity contribution in [2.75, 3.05) is 5.33 Å². The molecule has 2 aromatic rings. The number of carboxylic acids is 1. The topological polar surface area (TPSA) is 116 Å². The molecule has 8 nitrogen and oxygen atoms in total. The molecule has 2 amide bonds. The van der Waals surface area contributed by atoms with Crippen LogP contribution in [0, 0.1) is 16.7 Å². The average molecular weight is 600 g/mol. The molecule has 0 radical (unpaired) electrons. The van der Waals surface area contributed by atoms with Crippen LogP contribution in [0.3, 0.4) is 0 Å². The molecule has 208 valence electrons. The fraction of sp³-hybridized carbons (Fsp3) is 0.500. The SMILES string of the molecule is CC1(C)C2CCC1(C)C(OC(=O)NC1C(=O)N(C(O)(C(=O)O)C(c3ccccc3)c3ccccc3)C1CBr)C2. The standard InChI is InChI=1S/C30H35BrN2O6/c1-28(2)20-14-15-29(28,3)22(16-20)39-27(37)32-24-21(17-31)33(25(24)34)30(38,26(35)36)23(18-10-6-4-7-11-18)19-12-8-5-9-13-19/h4-13,20-24,38H,14-17H2,1-3H3,(H,32,37)(H,35,36). The molecule has 2 bridgehead atoms. The first-order chi connectivity index (χ1) is 18.5. The Morgan fingerprint density at radius 1 is 1.10 bits per heavy atom. The minimum absolute atomic E-state index is 0.0568. The molecule has 2 aliphatic carbocycles. The lowest BCUT2D eigenvalue weighted by Crippen LogP contribution is -2.80. The Morgan fingerprint density at radius 2 is 1.67 bits per heavy atom. The second-order valence-corrected chi connectivity index (χ2v) is 12.5. The number of hydrogen-bond donors (Lipinski definition) is 3. The molecule has 3 fully saturated rings. The van der Waals surface area contributed by atoms with Crippen LogP contribution in [-0.2, 0) is 14.3 Å². The maximum atomic E-state index is 13.5. The van der Waals surface area contributed by atoms with E-state index in [0.717, 1.165) is 24.2 Å². The molecular weight excluding hydrogens is 564 g/mol. The number of carboxylic acid groups (broad SMARTS) is 1. The number of likely N-dealkylation sites (tertiary alicyclic amines) is 1. The van der Waals surface area contributed by atoms with Crippen molar-refractivity contribution in [2.24, 2.45) is 16.7 Å². The van der Waals surface area contributed by atoms with E-state index in [0.29, 0.717) is 17.0 Å². The van der Waals surface area contributed by atoms with Crippen LogP contribution in [0.15, 0.2) is 60.7 Å². The number of alkyl carbamates (subject to hydrolysis) is 1. The number of fused-ring (bicyclic) bond motifs is 2. The number of benzene rings is 2. The highest BCUT2D eigenvalue weighted by atomic mass is 79.9. The molecule has 2 aromatic carbocycles. The summed E-state index contributed by atoms with van der Waals surface area (Å²) in [5, 5.41) is 25.2. The number of rotatable bonds is 8. The molecule has 0 spiro atoms. The number of carbonyl (C=O) groups is 3. The first kappa shape index (κ1) is 27.6. The van der Waals surface area contributed by atoms with Gasteiger partial charge in [-0.3, -0.25) is 9.69 Å². The average Bonchev–Trinajstić information content (AvgIpc) is 3.25. The third kappa shape index (κ3) is 4.16. The summed E-state index contributed by atoms with van der Waals surface area (Å²) >= 11 is 3.38. The molecule has 1 heterocycles. The summed E-state index contributed by atoms with van der Waals surface area (Å²) in [4.78, 5) is 40.3. The number of carbonyl (C=O) groups excluding carboxylic acids is 2. The molecular formula is C30H35BrN2O6. The van der Waals surface area contributed by atoms with E-state index in [1.807, 2.05) is 0 Å². The third-order valence-electron chi connectivity index (χ3n) is 9.96. The lowest BCUT2D eigenvalue weighted by molar-refractivity contribution is -0.212. The summed E-state index contributed by atoms with van der Waals surface area (Å²) in [7, 11) is 0. The fourth-order valence-electron chi connectivity index (χ4n) is 7.19. The second kappa shape index (κ2) is 9.93. The Kier molecular flexibility index (Phi) is 7.04. The highest BCUT2D eigenvalue weighted by Crippen LogP contribution is 2.66. The van der Waals surface area contributed by atoms with Gasteiger partial charge in [0, 0.05) is 10.7 Å². The van der Waals surface area contributed by atoms with Gasteiger partial charge >= 0.3 is 12.1 Å². The molecule has 5 rings (SSSR count). The number of amides is 2. The van der Waals surface area contributed by atoms with Crippen LogP contribution in [-0.4, -0.2) is 62.3 Å². The van der Waals surface area contributed by atoms with E-state index in [1.54, 1.807) is 60.7 Å². The summed E-state index contributed by atoms with van der Waals surface area (Å²) in [6.07, 6.45) is 1.93. The van der Waals surface area contributed by atoms with E-state index < -0.39 is 41.7 Å². The molecule has 3 aliphatic rings. The Hall–Kier alpha value is -2.91. The number of aliphatic hydroxyl groups is 1. The Morgan fingerprint density at radius 3 is 2.10 bits per heavy atom. The van der Waals surface area contributed by atoms with Gasteiger partial charge in [-0.15, -0.1) is 0 Å². The lowest BCUT2D eigenvalue weighted by atomic mass is 9.70. The Bertz CT molecular complexity index is 1220. The van der Waals surface area contributed by atoms with Crippen LogP contribution < -0.4 is 5.32 Å². The summed E-state index contributed by atoms with van der Waals surface area (Å²) in [5.74, 6) is -2.84. The van der Waals surface area contributed by atoms with Crippen molar-refractivity contribution in [3.63, 3.8) is 0 Å². The van der Waals surface area contributed by atoms with Gasteiger partial charge in [0.1, 0.15) is 12.1 Å². The number of nitrogens with one attached hydrogen (secondary N) is 1. The Balaban J connectivity index is 1.39. The van der Waals surface area contributed by atoms with Gasteiger partial charge < -0.3 is 20.3 Å².